The van der Waals surface area contributed by atoms with Crippen molar-refractivity contribution in [2.45, 2.75) is 12.5 Å². The predicted molar refractivity (Wildman–Crippen MR) is 74.3 cm³/mol. The number of benzene rings is 1. The Balaban J connectivity index is 1.83. The van der Waals surface area contributed by atoms with Gasteiger partial charge in [-0.1, -0.05) is 28.1 Å². The molecule has 3 N–H and O–H groups in total. The van der Waals surface area contributed by atoms with Crippen molar-refractivity contribution in [3.05, 3.63) is 28.7 Å². The van der Waals surface area contributed by atoms with E-state index in [0.717, 1.165) is 41.3 Å². The predicted octanol–water partition coefficient (Wildman–Crippen LogP) is 1.77. The van der Waals surface area contributed by atoms with Crippen molar-refractivity contribution >= 4 is 21.9 Å². The minimum absolute atomic E-state index is 0.236. The van der Waals surface area contributed by atoms with Gasteiger partial charge < -0.3 is 10.6 Å². The highest BCUT2D eigenvalue weighted by Gasteiger charge is 2.22. The van der Waals surface area contributed by atoms with Gasteiger partial charge in [-0.3, -0.25) is 5.10 Å². The molecule has 94 valence electrons. The second-order valence-corrected chi connectivity index (χ2v) is 5.40. The average molecular weight is 308 g/mol. The van der Waals surface area contributed by atoms with Crippen LogP contribution in [0.2, 0.25) is 0 Å². The summed E-state index contributed by atoms with van der Waals surface area (Å²) in [5, 5.41) is 7.23. The number of halogens is 1. The molecular formula is C12H14BrN5. The van der Waals surface area contributed by atoms with Crippen molar-refractivity contribution in [1.29, 1.82) is 0 Å². The Morgan fingerprint density at radius 1 is 1.33 bits per heavy atom. The van der Waals surface area contributed by atoms with Gasteiger partial charge >= 0.3 is 0 Å². The summed E-state index contributed by atoms with van der Waals surface area (Å²) in [6.45, 7) is 1.76. The molecular weight excluding hydrogens is 294 g/mol. The topological polar surface area (TPSA) is 70.8 Å². The third-order valence-electron chi connectivity index (χ3n) is 3.10. The Morgan fingerprint density at radius 3 is 2.78 bits per heavy atom. The quantitative estimate of drug-likeness (QED) is 0.887. The number of H-pyrrole nitrogens is 1. The van der Waals surface area contributed by atoms with E-state index < -0.39 is 0 Å². The first-order valence-corrected chi connectivity index (χ1v) is 6.70. The molecule has 1 saturated heterocycles. The maximum absolute atomic E-state index is 5.88. The SMILES string of the molecule is NC1CCN(c2n[nH]c(-c3ccc(Br)cc3)n2)C1. The molecule has 2 heterocycles. The lowest BCUT2D eigenvalue weighted by atomic mass is 10.2. The molecule has 0 saturated carbocycles. The molecule has 1 aliphatic heterocycles. The van der Waals surface area contributed by atoms with Gasteiger partial charge in [0.1, 0.15) is 0 Å². The summed E-state index contributed by atoms with van der Waals surface area (Å²) in [4.78, 5) is 6.63. The fourth-order valence-corrected chi connectivity index (χ4v) is 2.36. The van der Waals surface area contributed by atoms with Crippen LogP contribution in [0.5, 0.6) is 0 Å². The van der Waals surface area contributed by atoms with Crippen LogP contribution < -0.4 is 10.6 Å². The fraction of sp³-hybridized carbons (Fsp3) is 0.333. The van der Waals surface area contributed by atoms with Crippen LogP contribution in [0.3, 0.4) is 0 Å². The molecule has 1 aromatic heterocycles. The van der Waals surface area contributed by atoms with Crippen LogP contribution >= 0.6 is 15.9 Å². The van der Waals surface area contributed by atoms with Gasteiger partial charge in [-0.15, -0.1) is 5.10 Å². The standard InChI is InChI=1S/C12H14BrN5/c13-9-3-1-8(2-4-9)11-15-12(17-16-11)18-6-5-10(14)7-18/h1-4,10H,5-7,14H2,(H,15,16,17). The third kappa shape index (κ3) is 2.26. The Kier molecular flexibility index (Phi) is 3.05. The number of hydrogen-bond acceptors (Lipinski definition) is 4. The van der Waals surface area contributed by atoms with Crippen molar-refractivity contribution < 1.29 is 0 Å². The van der Waals surface area contributed by atoms with Crippen molar-refractivity contribution in [1.82, 2.24) is 15.2 Å². The van der Waals surface area contributed by atoms with Crippen LogP contribution in [0.4, 0.5) is 5.95 Å². The van der Waals surface area contributed by atoms with E-state index in [-0.39, 0.29) is 6.04 Å². The second-order valence-electron chi connectivity index (χ2n) is 4.49. The van der Waals surface area contributed by atoms with Gasteiger partial charge in [-0.25, -0.2) is 0 Å². The molecule has 6 heteroatoms. The fourth-order valence-electron chi connectivity index (χ4n) is 2.10. The smallest absolute Gasteiger partial charge is 0.245 e. The van der Waals surface area contributed by atoms with E-state index in [1.54, 1.807) is 0 Å². The number of anilines is 1. The highest BCUT2D eigenvalue weighted by Crippen LogP contribution is 2.21. The van der Waals surface area contributed by atoms with E-state index in [0.29, 0.717) is 0 Å². The molecule has 0 bridgehead atoms. The molecule has 1 unspecified atom stereocenters. The molecule has 5 nitrogen and oxygen atoms in total. The number of nitrogens with two attached hydrogens (primary N) is 1. The molecule has 2 aromatic rings. The normalized spacial score (nSPS) is 19.4. The number of hydrogen-bond donors (Lipinski definition) is 2. The highest BCUT2D eigenvalue weighted by molar-refractivity contribution is 9.10. The third-order valence-corrected chi connectivity index (χ3v) is 3.63. The zero-order chi connectivity index (χ0) is 12.5. The summed E-state index contributed by atoms with van der Waals surface area (Å²) in [5.41, 5.74) is 6.91. The van der Waals surface area contributed by atoms with Crippen LogP contribution in [0.15, 0.2) is 28.7 Å². The molecule has 0 radical (unpaired) electrons. The van der Waals surface area contributed by atoms with Crippen LogP contribution in [-0.2, 0) is 0 Å². The number of aromatic amines is 1. The van der Waals surface area contributed by atoms with Gasteiger partial charge in [0, 0.05) is 29.2 Å². The summed E-state index contributed by atoms with van der Waals surface area (Å²) in [5.74, 6) is 1.53. The molecule has 0 spiro atoms. The van der Waals surface area contributed by atoms with Gasteiger partial charge in [0.25, 0.3) is 0 Å². The second kappa shape index (κ2) is 4.70. The maximum atomic E-state index is 5.88. The Morgan fingerprint density at radius 2 is 2.11 bits per heavy atom. The first kappa shape index (κ1) is 11.7. The number of nitrogens with zero attached hydrogens (tertiary/aromatic N) is 3. The minimum atomic E-state index is 0.236. The summed E-state index contributed by atoms with van der Waals surface area (Å²) in [7, 11) is 0. The molecule has 1 atom stereocenters. The average Bonchev–Trinajstić information content (AvgIpc) is 2.98. The molecule has 1 fully saturated rings. The summed E-state index contributed by atoms with van der Waals surface area (Å²) < 4.78 is 1.05. The van der Waals surface area contributed by atoms with Crippen LogP contribution in [0.1, 0.15) is 6.42 Å². The molecule has 3 rings (SSSR count). The summed E-state index contributed by atoms with van der Waals surface area (Å²) in [6, 6.07) is 8.22. The van der Waals surface area contributed by atoms with E-state index >= 15 is 0 Å². The van der Waals surface area contributed by atoms with Crippen molar-refractivity contribution in [3.8, 4) is 11.4 Å². The largest absolute Gasteiger partial charge is 0.338 e. The zero-order valence-electron chi connectivity index (χ0n) is 9.81. The molecule has 1 aliphatic rings. The van der Waals surface area contributed by atoms with Gasteiger partial charge in [-0.2, -0.15) is 4.98 Å². The van der Waals surface area contributed by atoms with Crippen molar-refractivity contribution in [2.24, 2.45) is 5.73 Å². The minimum Gasteiger partial charge on any atom is -0.338 e. The van der Waals surface area contributed by atoms with E-state index in [1.807, 2.05) is 24.3 Å². The number of nitrogens with one attached hydrogen (secondary N) is 1. The van der Waals surface area contributed by atoms with Crippen LogP contribution in [-0.4, -0.2) is 34.3 Å². The van der Waals surface area contributed by atoms with Crippen molar-refractivity contribution in [2.75, 3.05) is 18.0 Å². The first-order chi connectivity index (χ1) is 8.72. The highest BCUT2D eigenvalue weighted by atomic mass is 79.9. The lowest BCUT2D eigenvalue weighted by molar-refractivity contribution is 0.750. The Bertz CT molecular complexity index is 536. The molecule has 18 heavy (non-hydrogen) atoms. The lowest BCUT2D eigenvalue weighted by Gasteiger charge is -2.11. The zero-order valence-corrected chi connectivity index (χ0v) is 11.4. The van der Waals surface area contributed by atoms with Crippen molar-refractivity contribution in [3.63, 3.8) is 0 Å². The van der Waals surface area contributed by atoms with E-state index in [4.69, 9.17) is 5.73 Å². The Hall–Kier alpha value is -1.40. The maximum Gasteiger partial charge on any atom is 0.245 e. The van der Waals surface area contributed by atoms with Crippen LogP contribution in [0.25, 0.3) is 11.4 Å². The van der Waals surface area contributed by atoms with Gasteiger partial charge in [-0.05, 0) is 18.6 Å². The molecule has 0 amide bonds. The molecule has 0 aliphatic carbocycles. The number of aromatic nitrogens is 3. The van der Waals surface area contributed by atoms with E-state index in [2.05, 4.69) is 36.0 Å². The summed E-state index contributed by atoms with van der Waals surface area (Å²) in [6.07, 6.45) is 1.00. The Labute approximate surface area is 114 Å². The van der Waals surface area contributed by atoms with Gasteiger partial charge in [0.2, 0.25) is 5.95 Å². The van der Waals surface area contributed by atoms with Gasteiger partial charge in [0.05, 0.1) is 0 Å². The first-order valence-electron chi connectivity index (χ1n) is 5.91. The monoisotopic (exact) mass is 307 g/mol. The number of rotatable bonds is 2. The summed E-state index contributed by atoms with van der Waals surface area (Å²) >= 11 is 3.42. The van der Waals surface area contributed by atoms with E-state index in [1.165, 1.54) is 0 Å². The van der Waals surface area contributed by atoms with Gasteiger partial charge in [0.15, 0.2) is 5.82 Å². The van der Waals surface area contributed by atoms with E-state index in [9.17, 15) is 0 Å². The van der Waals surface area contributed by atoms with Crippen LogP contribution in [0, 0.1) is 0 Å². The molecule has 1 aromatic carbocycles. The lowest BCUT2D eigenvalue weighted by Crippen LogP contribution is -2.26.